The largest absolute Gasteiger partial charge is 0.310 e. The van der Waals surface area contributed by atoms with E-state index in [2.05, 4.69) is 5.32 Å². The van der Waals surface area contributed by atoms with Crippen molar-refractivity contribution in [1.29, 1.82) is 0 Å². The number of benzene rings is 1. The van der Waals surface area contributed by atoms with Gasteiger partial charge in [-0.05, 0) is 30.7 Å². The summed E-state index contributed by atoms with van der Waals surface area (Å²) in [5, 5.41) is 3.74. The van der Waals surface area contributed by atoms with Crippen LogP contribution in [-0.4, -0.2) is 6.54 Å². The summed E-state index contributed by atoms with van der Waals surface area (Å²) in [5.41, 5.74) is 1.00. The summed E-state index contributed by atoms with van der Waals surface area (Å²) in [7, 11) is 0. The first-order chi connectivity index (χ1) is 5.77. The smallest absolute Gasteiger partial charge is 0.124 e. The molecule has 1 N–H and O–H groups in total. The molecule has 0 aliphatic carbocycles. The van der Waals surface area contributed by atoms with E-state index in [1.165, 1.54) is 12.1 Å². The topological polar surface area (TPSA) is 12.0 Å². The fraction of sp³-hybridized carbons (Fsp3) is 0.333. The predicted octanol–water partition coefficient (Wildman–Crippen LogP) is 2.51. The lowest BCUT2D eigenvalue weighted by atomic mass is 9.98. The van der Waals surface area contributed by atoms with Crippen LogP contribution in [-0.2, 0) is 0 Å². The number of hydrogen-bond donors (Lipinski definition) is 1. The van der Waals surface area contributed by atoms with Gasteiger partial charge in [-0.25, -0.2) is 4.39 Å². The molecule has 1 aromatic rings. The average molecular weight is 186 g/mol. The standard InChI is InChI=1S/C9H9ClFN/c10-8-5-6(11)1-2-7(8)9-3-4-12-9/h1-2,5,9,12H,3-4H2. The van der Waals surface area contributed by atoms with Gasteiger partial charge in [0.1, 0.15) is 5.82 Å². The highest BCUT2D eigenvalue weighted by atomic mass is 35.5. The van der Waals surface area contributed by atoms with Gasteiger partial charge in [0.05, 0.1) is 0 Å². The van der Waals surface area contributed by atoms with Gasteiger partial charge in [0, 0.05) is 11.1 Å². The Kier molecular flexibility index (Phi) is 2.03. The zero-order chi connectivity index (χ0) is 8.55. The summed E-state index contributed by atoms with van der Waals surface area (Å²) in [6.45, 7) is 1.03. The van der Waals surface area contributed by atoms with Gasteiger partial charge in [0.25, 0.3) is 0 Å². The third kappa shape index (κ3) is 1.32. The molecule has 1 unspecified atom stereocenters. The average Bonchev–Trinajstić information content (AvgIpc) is 1.91. The number of nitrogens with one attached hydrogen (secondary N) is 1. The fourth-order valence-corrected chi connectivity index (χ4v) is 1.64. The minimum atomic E-state index is -0.275. The molecule has 1 fully saturated rings. The van der Waals surface area contributed by atoms with Crippen LogP contribution in [0.3, 0.4) is 0 Å². The molecule has 1 aliphatic heterocycles. The quantitative estimate of drug-likeness (QED) is 0.709. The van der Waals surface area contributed by atoms with Crippen LogP contribution in [0.1, 0.15) is 18.0 Å². The second-order valence-corrected chi connectivity index (χ2v) is 3.37. The molecule has 0 bridgehead atoms. The van der Waals surface area contributed by atoms with Crippen molar-refractivity contribution >= 4 is 11.6 Å². The lowest BCUT2D eigenvalue weighted by Gasteiger charge is -2.28. The maximum Gasteiger partial charge on any atom is 0.124 e. The molecule has 64 valence electrons. The summed E-state index contributed by atoms with van der Waals surface area (Å²) in [6.07, 6.45) is 1.09. The SMILES string of the molecule is Fc1ccc(C2CCN2)c(Cl)c1. The summed E-state index contributed by atoms with van der Waals surface area (Å²) < 4.78 is 12.6. The van der Waals surface area contributed by atoms with Crippen LogP contribution in [0.4, 0.5) is 4.39 Å². The molecule has 0 radical (unpaired) electrons. The van der Waals surface area contributed by atoms with Crippen molar-refractivity contribution in [3.63, 3.8) is 0 Å². The van der Waals surface area contributed by atoms with Crippen LogP contribution in [0.2, 0.25) is 5.02 Å². The number of rotatable bonds is 1. The fourth-order valence-electron chi connectivity index (χ4n) is 1.34. The van der Waals surface area contributed by atoms with Crippen LogP contribution in [0.5, 0.6) is 0 Å². The molecule has 1 nitrogen and oxygen atoms in total. The highest BCUT2D eigenvalue weighted by Gasteiger charge is 2.20. The molecule has 0 saturated carbocycles. The summed E-state index contributed by atoms with van der Waals surface area (Å²) >= 11 is 5.86. The molecule has 12 heavy (non-hydrogen) atoms. The molecule has 0 amide bonds. The first kappa shape index (κ1) is 8.02. The van der Waals surface area contributed by atoms with Crippen LogP contribution in [0.15, 0.2) is 18.2 Å². The Labute approximate surface area is 75.5 Å². The number of hydrogen-bond acceptors (Lipinski definition) is 1. The van der Waals surface area contributed by atoms with Crippen molar-refractivity contribution in [3.8, 4) is 0 Å². The maximum absolute atomic E-state index is 12.6. The van der Waals surface area contributed by atoms with Gasteiger partial charge in [-0.15, -0.1) is 0 Å². The minimum absolute atomic E-state index is 0.275. The Bertz CT molecular complexity index is 297. The number of halogens is 2. The van der Waals surface area contributed by atoms with E-state index >= 15 is 0 Å². The third-order valence-corrected chi connectivity index (χ3v) is 2.49. The molecule has 0 spiro atoms. The Morgan fingerprint density at radius 3 is 2.75 bits per heavy atom. The van der Waals surface area contributed by atoms with E-state index in [1.54, 1.807) is 6.07 Å². The van der Waals surface area contributed by atoms with Crippen molar-refractivity contribution in [2.24, 2.45) is 0 Å². The van der Waals surface area contributed by atoms with Crippen LogP contribution >= 0.6 is 11.6 Å². The van der Waals surface area contributed by atoms with E-state index < -0.39 is 0 Å². The van der Waals surface area contributed by atoms with Gasteiger partial charge in [-0.1, -0.05) is 17.7 Å². The Hall–Kier alpha value is -0.600. The Morgan fingerprint density at radius 1 is 1.50 bits per heavy atom. The monoisotopic (exact) mass is 185 g/mol. The molecule has 1 atom stereocenters. The van der Waals surface area contributed by atoms with E-state index in [4.69, 9.17) is 11.6 Å². The normalized spacial score (nSPS) is 22.0. The van der Waals surface area contributed by atoms with E-state index in [0.717, 1.165) is 18.5 Å². The van der Waals surface area contributed by atoms with Crippen molar-refractivity contribution < 1.29 is 4.39 Å². The molecule has 1 aromatic carbocycles. The molecular weight excluding hydrogens is 177 g/mol. The predicted molar refractivity (Wildman–Crippen MR) is 46.8 cm³/mol. The van der Waals surface area contributed by atoms with Crippen LogP contribution in [0, 0.1) is 5.82 Å². The molecule has 1 saturated heterocycles. The highest BCUT2D eigenvalue weighted by Crippen LogP contribution is 2.29. The van der Waals surface area contributed by atoms with Gasteiger partial charge in [0.2, 0.25) is 0 Å². The van der Waals surface area contributed by atoms with Crippen molar-refractivity contribution in [2.45, 2.75) is 12.5 Å². The second kappa shape index (κ2) is 3.04. The van der Waals surface area contributed by atoms with E-state index in [1.807, 2.05) is 0 Å². The molecule has 3 heteroatoms. The van der Waals surface area contributed by atoms with Gasteiger partial charge in [0.15, 0.2) is 0 Å². The Morgan fingerprint density at radius 2 is 2.25 bits per heavy atom. The molecule has 2 rings (SSSR count). The second-order valence-electron chi connectivity index (χ2n) is 2.96. The summed E-state index contributed by atoms with van der Waals surface area (Å²) in [4.78, 5) is 0. The van der Waals surface area contributed by atoms with Crippen LogP contribution < -0.4 is 5.32 Å². The summed E-state index contributed by atoms with van der Waals surface area (Å²) in [5.74, 6) is -0.275. The van der Waals surface area contributed by atoms with Crippen molar-refractivity contribution in [3.05, 3.63) is 34.6 Å². The third-order valence-electron chi connectivity index (χ3n) is 2.16. The molecule has 1 heterocycles. The zero-order valence-electron chi connectivity index (χ0n) is 6.48. The molecular formula is C9H9ClFN. The lowest BCUT2D eigenvalue weighted by molar-refractivity contribution is 0.383. The van der Waals surface area contributed by atoms with E-state index in [-0.39, 0.29) is 5.82 Å². The molecule has 1 aliphatic rings. The van der Waals surface area contributed by atoms with Gasteiger partial charge >= 0.3 is 0 Å². The minimum Gasteiger partial charge on any atom is -0.310 e. The van der Waals surface area contributed by atoms with Gasteiger partial charge in [-0.3, -0.25) is 0 Å². The maximum atomic E-state index is 12.6. The van der Waals surface area contributed by atoms with Gasteiger partial charge < -0.3 is 5.32 Å². The van der Waals surface area contributed by atoms with Gasteiger partial charge in [-0.2, -0.15) is 0 Å². The van der Waals surface area contributed by atoms with E-state index in [0.29, 0.717) is 11.1 Å². The highest BCUT2D eigenvalue weighted by molar-refractivity contribution is 6.31. The summed E-state index contributed by atoms with van der Waals surface area (Å²) in [6, 6.07) is 4.88. The zero-order valence-corrected chi connectivity index (χ0v) is 7.24. The Balaban J connectivity index is 2.31. The van der Waals surface area contributed by atoms with E-state index in [9.17, 15) is 4.39 Å². The molecule has 0 aromatic heterocycles. The van der Waals surface area contributed by atoms with Crippen molar-refractivity contribution in [2.75, 3.05) is 6.54 Å². The van der Waals surface area contributed by atoms with Crippen molar-refractivity contribution in [1.82, 2.24) is 5.32 Å². The first-order valence-electron chi connectivity index (χ1n) is 3.96. The van der Waals surface area contributed by atoms with Crippen LogP contribution in [0.25, 0.3) is 0 Å². The first-order valence-corrected chi connectivity index (χ1v) is 4.33. The lowest BCUT2D eigenvalue weighted by Crippen LogP contribution is -2.35.